The van der Waals surface area contributed by atoms with E-state index in [1.54, 1.807) is 12.3 Å². The van der Waals surface area contributed by atoms with Crippen LogP contribution in [0.25, 0.3) is 0 Å². The van der Waals surface area contributed by atoms with E-state index in [1.165, 1.54) is 0 Å². The predicted octanol–water partition coefficient (Wildman–Crippen LogP) is 2.55. The maximum absolute atomic E-state index is 11.3. The Kier molecular flexibility index (Phi) is 4.44. The SMILES string of the molecule is Cc1ccc(N[C@H](C)Cn2cc(Br)cn2)cc1C(N)=O. The fourth-order valence-electron chi connectivity index (χ4n) is 2.03. The lowest BCUT2D eigenvalue weighted by Crippen LogP contribution is -2.22. The molecule has 5 nitrogen and oxygen atoms in total. The number of amides is 1. The van der Waals surface area contributed by atoms with Gasteiger partial charge in [-0.2, -0.15) is 5.10 Å². The molecule has 0 aliphatic carbocycles. The lowest BCUT2D eigenvalue weighted by Gasteiger charge is -2.16. The number of carbonyl (C=O) groups excluding carboxylic acids is 1. The van der Waals surface area contributed by atoms with Gasteiger partial charge < -0.3 is 11.1 Å². The van der Waals surface area contributed by atoms with Crippen molar-refractivity contribution in [3.8, 4) is 0 Å². The molecule has 1 amide bonds. The predicted molar refractivity (Wildman–Crippen MR) is 82.7 cm³/mol. The smallest absolute Gasteiger partial charge is 0.249 e. The topological polar surface area (TPSA) is 72.9 Å². The van der Waals surface area contributed by atoms with Crippen LogP contribution >= 0.6 is 15.9 Å². The molecular weight excluding hydrogens is 320 g/mol. The van der Waals surface area contributed by atoms with Gasteiger partial charge in [-0.3, -0.25) is 9.48 Å². The number of anilines is 1. The van der Waals surface area contributed by atoms with Crippen LogP contribution in [-0.2, 0) is 6.54 Å². The fourth-order valence-corrected chi connectivity index (χ4v) is 2.35. The monoisotopic (exact) mass is 336 g/mol. The molecule has 1 aromatic carbocycles. The summed E-state index contributed by atoms with van der Waals surface area (Å²) in [6.45, 7) is 4.65. The minimum Gasteiger partial charge on any atom is -0.381 e. The first kappa shape index (κ1) is 14.6. The van der Waals surface area contributed by atoms with Gasteiger partial charge in [0.05, 0.1) is 17.2 Å². The molecule has 0 saturated carbocycles. The van der Waals surface area contributed by atoms with E-state index in [2.05, 4.69) is 33.3 Å². The number of hydrogen-bond donors (Lipinski definition) is 2. The zero-order chi connectivity index (χ0) is 14.7. The van der Waals surface area contributed by atoms with Crippen LogP contribution in [0, 0.1) is 6.92 Å². The number of aromatic nitrogens is 2. The number of rotatable bonds is 5. The highest BCUT2D eigenvalue weighted by molar-refractivity contribution is 9.10. The van der Waals surface area contributed by atoms with E-state index in [0.717, 1.165) is 22.3 Å². The molecule has 0 aliphatic rings. The van der Waals surface area contributed by atoms with Crippen molar-refractivity contribution >= 4 is 27.5 Å². The van der Waals surface area contributed by atoms with Gasteiger partial charge in [0.2, 0.25) is 5.91 Å². The summed E-state index contributed by atoms with van der Waals surface area (Å²) in [5.41, 5.74) is 7.66. The standard InChI is InChI=1S/C14H17BrN4O/c1-9-3-4-12(5-13(9)14(16)20)18-10(2)7-19-8-11(15)6-17-19/h3-6,8,10,18H,7H2,1-2H3,(H2,16,20)/t10-/m1/s1. The summed E-state index contributed by atoms with van der Waals surface area (Å²) in [6, 6.07) is 5.79. The maximum atomic E-state index is 11.3. The average molecular weight is 337 g/mol. The second-order valence-corrected chi connectivity index (χ2v) is 5.74. The Bertz CT molecular complexity index is 623. The van der Waals surface area contributed by atoms with Gasteiger partial charge in [0.1, 0.15) is 0 Å². The Morgan fingerprint density at radius 3 is 2.90 bits per heavy atom. The number of carbonyl (C=O) groups is 1. The van der Waals surface area contributed by atoms with Gasteiger partial charge in [0.25, 0.3) is 0 Å². The fraction of sp³-hybridized carbons (Fsp3) is 0.286. The van der Waals surface area contributed by atoms with E-state index in [9.17, 15) is 4.79 Å². The van der Waals surface area contributed by atoms with E-state index in [1.807, 2.05) is 29.9 Å². The van der Waals surface area contributed by atoms with Crippen molar-refractivity contribution in [2.75, 3.05) is 5.32 Å². The molecule has 6 heteroatoms. The molecule has 0 radical (unpaired) electrons. The minimum absolute atomic E-state index is 0.172. The van der Waals surface area contributed by atoms with Gasteiger partial charge >= 0.3 is 0 Å². The van der Waals surface area contributed by atoms with Gasteiger partial charge in [-0.25, -0.2) is 0 Å². The quantitative estimate of drug-likeness (QED) is 0.881. The second kappa shape index (κ2) is 6.09. The van der Waals surface area contributed by atoms with E-state index < -0.39 is 5.91 Å². The van der Waals surface area contributed by atoms with Crippen LogP contribution < -0.4 is 11.1 Å². The van der Waals surface area contributed by atoms with Crippen LogP contribution in [0.2, 0.25) is 0 Å². The number of nitrogens with one attached hydrogen (secondary N) is 1. The molecule has 0 fully saturated rings. The highest BCUT2D eigenvalue weighted by Gasteiger charge is 2.08. The molecule has 0 saturated heterocycles. The Morgan fingerprint density at radius 1 is 1.55 bits per heavy atom. The lowest BCUT2D eigenvalue weighted by atomic mass is 10.1. The highest BCUT2D eigenvalue weighted by atomic mass is 79.9. The van der Waals surface area contributed by atoms with E-state index in [0.29, 0.717) is 5.56 Å². The van der Waals surface area contributed by atoms with Gasteiger partial charge in [0.15, 0.2) is 0 Å². The molecular formula is C14H17BrN4O. The Hall–Kier alpha value is -1.82. The first-order chi connectivity index (χ1) is 9.45. The van der Waals surface area contributed by atoms with Crippen LogP contribution in [0.5, 0.6) is 0 Å². The number of aryl methyl sites for hydroxylation is 1. The first-order valence-electron chi connectivity index (χ1n) is 6.30. The van der Waals surface area contributed by atoms with Crippen LogP contribution in [0.4, 0.5) is 5.69 Å². The molecule has 106 valence electrons. The minimum atomic E-state index is -0.408. The van der Waals surface area contributed by atoms with Gasteiger partial charge in [-0.05, 0) is 47.5 Å². The maximum Gasteiger partial charge on any atom is 0.249 e. The molecule has 0 aliphatic heterocycles. The summed E-state index contributed by atoms with van der Waals surface area (Å²) in [6.07, 6.45) is 3.67. The zero-order valence-corrected chi connectivity index (χ0v) is 13.0. The molecule has 2 aromatic rings. The molecule has 0 bridgehead atoms. The molecule has 0 unspecified atom stereocenters. The first-order valence-corrected chi connectivity index (χ1v) is 7.10. The third-order valence-electron chi connectivity index (χ3n) is 2.98. The van der Waals surface area contributed by atoms with Crippen LogP contribution in [-0.4, -0.2) is 21.7 Å². The summed E-state index contributed by atoms with van der Waals surface area (Å²) in [7, 11) is 0. The summed E-state index contributed by atoms with van der Waals surface area (Å²) >= 11 is 3.37. The van der Waals surface area contributed by atoms with E-state index in [-0.39, 0.29) is 6.04 Å². The van der Waals surface area contributed by atoms with Crippen molar-refractivity contribution in [2.24, 2.45) is 5.73 Å². The van der Waals surface area contributed by atoms with Crippen molar-refractivity contribution in [1.29, 1.82) is 0 Å². The second-order valence-electron chi connectivity index (χ2n) is 4.82. The number of benzene rings is 1. The average Bonchev–Trinajstić information content (AvgIpc) is 2.76. The third kappa shape index (κ3) is 3.60. The van der Waals surface area contributed by atoms with E-state index >= 15 is 0 Å². The van der Waals surface area contributed by atoms with Crippen LogP contribution in [0.15, 0.2) is 35.1 Å². The summed E-state index contributed by atoms with van der Waals surface area (Å²) in [5, 5.41) is 7.55. The number of halogens is 1. The summed E-state index contributed by atoms with van der Waals surface area (Å²) in [5.74, 6) is -0.408. The molecule has 3 N–H and O–H groups in total. The van der Waals surface area contributed by atoms with Crippen molar-refractivity contribution < 1.29 is 4.79 Å². The van der Waals surface area contributed by atoms with Gasteiger partial charge in [-0.15, -0.1) is 0 Å². The largest absolute Gasteiger partial charge is 0.381 e. The Balaban J connectivity index is 2.06. The summed E-state index contributed by atoms with van der Waals surface area (Å²) < 4.78 is 2.81. The number of nitrogens with zero attached hydrogens (tertiary/aromatic N) is 2. The van der Waals surface area contributed by atoms with Gasteiger partial charge in [0, 0.05) is 23.5 Å². The number of hydrogen-bond acceptors (Lipinski definition) is 3. The Morgan fingerprint density at radius 2 is 2.30 bits per heavy atom. The molecule has 2 rings (SSSR count). The van der Waals surface area contributed by atoms with Crippen molar-refractivity contribution in [3.05, 3.63) is 46.2 Å². The Labute approximate surface area is 126 Å². The van der Waals surface area contributed by atoms with Crippen molar-refractivity contribution in [3.63, 3.8) is 0 Å². The molecule has 1 aromatic heterocycles. The normalized spacial score (nSPS) is 12.2. The third-order valence-corrected chi connectivity index (χ3v) is 3.39. The van der Waals surface area contributed by atoms with Crippen LogP contribution in [0.3, 0.4) is 0 Å². The zero-order valence-electron chi connectivity index (χ0n) is 11.4. The van der Waals surface area contributed by atoms with Crippen molar-refractivity contribution in [1.82, 2.24) is 9.78 Å². The highest BCUT2D eigenvalue weighted by Crippen LogP contribution is 2.16. The molecule has 20 heavy (non-hydrogen) atoms. The van der Waals surface area contributed by atoms with E-state index in [4.69, 9.17) is 5.73 Å². The lowest BCUT2D eigenvalue weighted by molar-refractivity contribution is 0.1000. The summed E-state index contributed by atoms with van der Waals surface area (Å²) in [4.78, 5) is 11.3. The molecule has 1 heterocycles. The molecule has 0 spiro atoms. The van der Waals surface area contributed by atoms with Crippen LogP contribution in [0.1, 0.15) is 22.8 Å². The van der Waals surface area contributed by atoms with Crippen molar-refractivity contribution in [2.45, 2.75) is 26.4 Å². The van der Waals surface area contributed by atoms with Gasteiger partial charge in [-0.1, -0.05) is 6.07 Å². The number of primary amides is 1. The number of nitrogens with two attached hydrogens (primary N) is 1. The molecule has 1 atom stereocenters.